The van der Waals surface area contributed by atoms with E-state index in [4.69, 9.17) is 32.2 Å². The summed E-state index contributed by atoms with van der Waals surface area (Å²) in [6, 6.07) is 21.4. The van der Waals surface area contributed by atoms with Gasteiger partial charge in [-0.05, 0) is 73.7 Å². The monoisotopic (exact) mass is 528 g/mol. The first-order valence-corrected chi connectivity index (χ1v) is 12.9. The van der Waals surface area contributed by atoms with Crippen LogP contribution in [0, 0.1) is 18.3 Å². The van der Waals surface area contributed by atoms with Crippen LogP contribution in [0.15, 0.2) is 66.7 Å². The van der Waals surface area contributed by atoms with Crippen LogP contribution in [0.3, 0.4) is 0 Å². The molecule has 1 saturated heterocycles. The van der Waals surface area contributed by atoms with Crippen molar-refractivity contribution in [2.75, 3.05) is 32.2 Å². The molecule has 7 nitrogen and oxygen atoms in total. The molecule has 1 aromatic heterocycles. The first kappa shape index (κ1) is 25.8. The fraction of sp³-hybridized carbons (Fsp3) is 0.267. The summed E-state index contributed by atoms with van der Waals surface area (Å²) in [4.78, 5) is 8.86. The summed E-state index contributed by atoms with van der Waals surface area (Å²) in [5.74, 6) is 6.37. The molecule has 194 valence electrons. The lowest BCUT2D eigenvalue weighted by Gasteiger charge is -2.47. The van der Waals surface area contributed by atoms with Gasteiger partial charge in [-0.2, -0.15) is 0 Å². The quantitative estimate of drug-likeness (QED) is 0.208. The van der Waals surface area contributed by atoms with Gasteiger partial charge in [0.25, 0.3) is 0 Å². The third-order valence-electron chi connectivity index (χ3n) is 6.58. The average Bonchev–Trinajstić information content (AvgIpc) is 2.93. The second kappa shape index (κ2) is 12.1. The molecule has 3 aromatic carbocycles. The van der Waals surface area contributed by atoms with Crippen molar-refractivity contribution in [2.24, 2.45) is 5.92 Å². The minimum absolute atomic E-state index is 0.268. The Morgan fingerprint density at radius 1 is 1.03 bits per heavy atom. The Labute approximate surface area is 227 Å². The highest BCUT2D eigenvalue weighted by Crippen LogP contribution is 2.34. The number of terminal acetylenes is 1. The van der Waals surface area contributed by atoms with Gasteiger partial charge in [-0.25, -0.2) is 9.97 Å². The van der Waals surface area contributed by atoms with Gasteiger partial charge in [0.2, 0.25) is 5.82 Å². The maximum atomic E-state index is 6.45. The maximum absolute atomic E-state index is 6.45. The van der Waals surface area contributed by atoms with Crippen molar-refractivity contribution in [3.05, 3.63) is 77.6 Å². The van der Waals surface area contributed by atoms with Crippen molar-refractivity contribution in [2.45, 2.75) is 18.9 Å². The van der Waals surface area contributed by atoms with E-state index in [2.05, 4.69) is 26.5 Å². The minimum Gasteiger partial charge on any atom is -0.491 e. The molecule has 38 heavy (non-hydrogen) atoms. The summed E-state index contributed by atoms with van der Waals surface area (Å²) in [7, 11) is 1.63. The van der Waals surface area contributed by atoms with Crippen molar-refractivity contribution in [1.29, 1.82) is 0 Å². The fourth-order valence-electron chi connectivity index (χ4n) is 4.24. The number of anilines is 2. The van der Waals surface area contributed by atoms with E-state index in [0.29, 0.717) is 46.8 Å². The van der Waals surface area contributed by atoms with Crippen LogP contribution < -0.4 is 20.1 Å². The van der Waals surface area contributed by atoms with Gasteiger partial charge >= 0.3 is 0 Å². The molecule has 1 aliphatic carbocycles. The van der Waals surface area contributed by atoms with Gasteiger partial charge in [-0.3, -0.25) is 0 Å². The number of halogens is 1. The predicted molar refractivity (Wildman–Crippen MR) is 151 cm³/mol. The summed E-state index contributed by atoms with van der Waals surface area (Å²) in [5.41, 5.74) is 1.40. The summed E-state index contributed by atoms with van der Waals surface area (Å²) >= 11 is 6.45. The van der Waals surface area contributed by atoms with E-state index in [1.54, 1.807) is 19.2 Å². The summed E-state index contributed by atoms with van der Waals surface area (Å²) in [5, 5.41) is 7.88. The molecule has 1 aliphatic heterocycles. The molecule has 2 aliphatic rings. The van der Waals surface area contributed by atoms with Crippen LogP contribution in [0.5, 0.6) is 17.2 Å². The number of hydrogen-bond acceptors (Lipinski definition) is 7. The Morgan fingerprint density at radius 3 is 2.50 bits per heavy atom. The van der Waals surface area contributed by atoms with Gasteiger partial charge in [0, 0.05) is 30.3 Å². The Kier molecular flexibility index (Phi) is 8.25. The molecule has 8 heteroatoms. The molecule has 6 rings (SSSR count). The van der Waals surface area contributed by atoms with Crippen molar-refractivity contribution < 1.29 is 14.2 Å². The van der Waals surface area contributed by atoms with E-state index in [-0.39, 0.29) is 5.82 Å². The Morgan fingerprint density at radius 2 is 1.87 bits per heavy atom. The Balaban J connectivity index is 0.000000424. The molecule has 2 N–H and O–H groups in total. The summed E-state index contributed by atoms with van der Waals surface area (Å²) in [6.07, 6.45) is 8.52. The highest BCUT2D eigenvalue weighted by Gasteiger charge is 2.37. The number of benzene rings is 3. The first-order valence-electron chi connectivity index (χ1n) is 12.6. The zero-order chi connectivity index (χ0) is 26.3. The molecular formula is C30H29ClN4O3. The number of hydrogen-bond donors (Lipinski definition) is 2. The van der Waals surface area contributed by atoms with Gasteiger partial charge in [-0.15, -0.1) is 6.42 Å². The molecule has 4 aromatic rings. The van der Waals surface area contributed by atoms with E-state index in [1.807, 2.05) is 54.6 Å². The number of para-hydroxylation sites is 1. The van der Waals surface area contributed by atoms with Crippen LogP contribution in [0.2, 0.25) is 5.02 Å². The van der Waals surface area contributed by atoms with E-state index in [9.17, 15) is 0 Å². The molecule has 2 heterocycles. The van der Waals surface area contributed by atoms with E-state index >= 15 is 0 Å². The largest absolute Gasteiger partial charge is 0.491 e. The highest BCUT2D eigenvalue weighted by molar-refractivity contribution is 6.32. The molecule has 2 atom stereocenters. The van der Waals surface area contributed by atoms with E-state index in [1.165, 1.54) is 19.4 Å². The lowest BCUT2D eigenvalue weighted by Crippen LogP contribution is -2.59. The molecule has 0 amide bonds. The van der Waals surface area contributed by atoms with Crippen LogP contribution in [-0.4, -0.2) is 42.9 Å². The molecule has 2 fully saturated rings. The van der Waals surface area contributed by atoms with Crippen molar-refractivity contribution in [1.82, 2.24) is 15.3 Å². The predicted octanol–water partition coefficient (Wildman–Crippen LogP) is 6.19. The summed E-state index contributed by atoms with van der Waals surface area (Å²) in [6.45, 7) is 2.25. The Bertz CT molecular complexity index is 1420. The number of nitrogens with zero attached hydrogens (tertiary/aromatic N) is 2. The van der Waals surface area contributed by atoms with Gasteiger partial charge in [0.1, 0.15) is 29.7 Å². The van der Waals surface area contributed by atoms with Crippen LogP contribution in [-0.2, 0) is 4.74 Å². The SMILES string of the molecule is C#Cc1nc(Nc2ccc(Oc3ccccc3)c(Cl)c2)c2ccc(OCCOC)cc2n1.C1CC2NCC12. The Hall–Kier alpha value is -3.83. The normalized spacial score (nSPS) is 17.1. The van der Waals surface area contributed by atoms with E-state index < -0.39 is 0 Å². The zero-order valence-electron chi connectivity index (χ0n) is 21.1. The summed E-state index contributed by atoms with van der Waals surface area (Å²) < 4.78 is 16.5. The fourth-order valence-corrected chi connectivity index (χ4v) is 4.46. The third kappa shape index (κ3) is 6.17. The van der Waals surface area contributed by atoms with Gasteiger partial charge < -0.3 is 24.8 Å². The molecule has 0 bridgehead atoms. The molecule has 1 saturated carbocycles. The van der Waals surface area contributed by atoms with Gasteiger partial charge in [0.05, 0.1) is 17.1 Å². The number of aromatic nitrogens is 2. The number of methoxy groups -OCH3 is 1. The molecular weight excluding hydrogens is 500 g/mol. The maximum Gasteiger partial charge on any atom is 0.207 e. The van der Waals surface area contributed by atoms with Crippen molar-refractivity contribution in [3.8, 4) is 29.6 Å². The number of fused-ring (bicyclic) bond motifs is 2. The van der Waals surface area contributed by atoms with Crippen LogP contribution in [0.25, 0.3) is 10.9 Å². The van der Waals surface area contributed by atoms with Crippen LogP contribution in [0.1, 0.15) is 18.7 Å². The third-order valence-corrected chi connectivity index (χ3v) is 6.87. The first-order chi connectivity index (χ1) is 18.6. The van der Waals surface area contributed by atoms with Crippen LogP contribution in [0.4, 0.5) is 11.5 Å². The van der Waals surface area contributed by atoms with E-state index in [0.717, 1.165) is 23.0 Å². The smallest absolute Gasteiger partial charge is 0.207 e. The van der Waals surface area contributed by atoms with Crippen LogP contribution >= 0.6 is 11.6 Å². The molecule has 2 unspecified atom stereocenters. The molecule has 0 spiro atoms. The van der Waals surface area contributed by atoms with Crippen molar-refractivity contribution in [3.63, 3.8) is 0 Å². The van der Waals surface area contributed by atoms with Gasteiger partial charge in [-0.1, -0.05) is 29.8 Å². The lowest BCUT2D eigenvalue weighted by atomic mass is 9.74. The topological polar surface area (TPSA) is 77.5 Å². The van der Waals surface area contributed by atoms with Gasteiger partial charge in [0.15, 0.2) is 0 Å². The zero-order valence-corrected chi connectivity index (χ0v) is 21.9. The lowest BCUT2D eigenvalue weighted by molar-refractivity contribution is 0.111. The second-order valence-corrected chi connectivity index (χ2v) is 9.51. The standard InChI is InChI=1S/C25H20ClN3O3.C5H9N/c1-3-24-28-22-16-19(31-14-13-30-2)10-11-20(22)25(29-24)27-17-9-12-23(21(26)15-17)32-18-7-5-4-6-8-18;1-2-5-4(1)3-6-5/h1,4-12,15-16H,13-14H2,2H3,(H,27,28,29);4-6H,1-3H2. The number of ether oxygens (including phenoxy) is 3. The average molecular weight is 529 g/mol. The second-order valence-electron chi connectivity index (χ2n) is 9.10. The molecule has 0 radical (unpaired) electrons. The number of rotatable bonds is 8. The highest BCUT2D eigenvalue weighted by atomic mass is 35.5. The minimum atomic E-state index is 0.268. The van der Waals surface area contributed by atoms with Crippen molar-refractivity contribution >= 4 is 34.0 Å². The number of nitrogens with one attached hydrogen (secondary N) is 2. The number of piperidine rings is 1.